The van der Waals surface area contributed by atoms with Crippen LogP contribution in [-0.4, -0.2) is 6.29 Å². The lowest BCUT2D eigenvalue weighted by Gasteiger charge is -1.97. The fraction of sp³-hybridized carbons (Fsp3) is 0. The van der Waals surface area contributed by atoms with Crippen LogP contribution in [0.3, 0.4) is 0 Å². The third kappa shape index (κ3) is 1.24. The number of benzene rings is 1. The molecule has 48 valence electrons. The Morgan fingerprint density at radius 2 is 1.90 bits per heavy atom. The van der Waals surface area contributed by atoms with Crippen molar-refractivity contribution in [3.63, 3.8) is 0 Å². The van der Waals surface area contributed by atoms with E-state index in [2.05, 4.69) is 5.92 Å². The zero-order valence-electron chi connectivity index (χ0n) is 5.29. The molecule has 0 aliphatic carbocycles. The first-order chi connectivity index (χ1) is 4.86. The zero-order chi connectivity index (χ0) is 7.40. The summed E-state index contributed by atoms with van der Waals surface area (Å²) in [6, 6.07) is 6.67. The van der Waals surface area contributed by atoms with Gasteiger partial charge in [0.2, 0.25) is 0 Å². The highest BCUT2D eigenvalue weighted by molar-refractivity contribution is 5.74. The topological polar surface area (TPSA) is 17.1 Å². The maximum Gasteiger partial charge on any atom is 0.149 e. The predicted octanol–water partition coefficient (Wildman–Crippen LogP) is 1.44. The summed E-state index contributed by atoms with van der Waals surface area (Å²) in [5, 5.41) is 0. The van der Waals surface area contributed by atoms with Gasteiger partial charge in [0.1, 0.15) is 6.29 Å². The second kappa shape index (κ2) is 2.84. The first kappa shape index (κ1) is 6.57. The maximum absolute atomic E-state index is 10.1. The summed E-state index contributed by atoms with van der Waals surface area (Å²) >= 11 is 0. The molecule has 1 rings (SSSR count). The number of hydrogen-bond acceptors (Lipinski definition) is 1. The Bertz CT molecular complexity index is 264. The van der Waals surface area contributed by atoms with Crippen LogP contribution in [-0.2, 0) is 0 Å². The molecule has 1 nitrogen and oxygen atoms in total. The van der Waals surface area contributed by atoms with Crippen LogP contribution in [0.15, 0.2) is 24.3 Å². The maximum atomic E-state index is 10.1. The summed E-state index contributed by atoms with van der Waals surface area (Å²) in [7, 11) is 0. The zero-order valence-corrected chi connectivity index (χ0v) is 5.29. The number of hydrogen-bond donors (Lipinski definition) is 0. The third-order valence-electron chi connectivity index (χ3n) is 1.19. The minimum Gasteiger partial charge on any atom is -0.366 e. The van der Waals surface area contributed by atoms with Crippen molar-refractivity contribution in [2.24, 2.45) is 0 Å². The average Bonchev–Trinajstić information content (AvgIpc) is 2.05. The van der Waals surface area contributed by atoms with Gasteiger partial charge in [0.25, 0.3) is 0 Å². The molecule has 0 N–H and O–H groups in total. The Morgan fingerprint density at radius 1 is 1.30 bits per heavy atom. The molecule has 0 unspecified atom stereocenters. The Labute approximate surface area is 59.7 Å². The van der Waals surface area contributed by atoms with Gasteiger partial charge in [-0.1, -0.05) is 12.1 Å². The standard InChI is InChI=1S/C9H5O/c1-2-8-3-5-9(7-10)6-4-8/h3-7H/q-1. The summed E-state index contributed by atoms with van der Waals surface area (Å²) in [5.41, 5.74) is 1.31. The van der Waals surface area contributed by atoms with Crippen molar-refractivity contribution >= 4 is 6.29 Å². The molecule has 0 amide bonds. The van der Waals surface area contributed by atoms with Crippen LogP contribution in [0.5, 0.6) is 0 Å². The van der Waals surface area contributed by atoms with Crippen molar-refractivity contribution in [3.05, 3.63) is 41.8 Å². The van der Waals surface area contributed by atoms with E-state index in [0.29, 0.717) is 11.1 Å². The van der Waals surface area contributed by atoms with Crippen LogP contribution >= 0.6 is 0 Å². The molecule has 0 atom stereocenters. The smallest absolute Gasteiger partial charge is 0.149 e. The van der Waals surface area contributed by atoms with E-state index < -0.39 is 0 Å². The fourth-order valence-corrected chi connectivity index (χ4v) is 0.645. The fourth-order valence-electron chi connectivity index (χ4n) is 0.645. The number of carbonyl (C=O) groups is 1. The lowest BCUT2D eigenvalue weighted by Crippen LogP contribution is -1.78. The molecule has 0 aliphatic heterocycles. The minimum absolute atomic E-state index is 0.624. The van der Waals surface area contributed by atoms with E-state index in [-0.39, 0.29) is 0 Å². The van der Waals surface area contributed by atoms with Gasteiger partial charge in [0.15, 0.2) is 0 Å². The number of rotatable bonds is 1. The molecule has 0 spiro atoms. The number of aldehydes is 1. The van der Waals surface area contributed by atoms with Crippen molar-refractivity contribution in [1.82, 2.24) is 0 Å². The molecule has 0 saturated heterocycles. The van der Waals surface area contributed by atoms with Crippen LogP contribution in [0, 0.1) is 12.3 Å². The van der Waals surface area contributed by atoms with E-state index in [9.17, 15) is 4.79 Å². The van der Waals surface area contributed by atoms with Crippen molar-refractivity contribution in [2.45, 2.75) is 0 Å². The van der Waals surface area contributed by atoms with E-state index >= 15 is 0 Å². The average molecular weight is 129 g/mol. The van der Waals surface area contributed by atoms with E-state index in [1.807, 2.05) is 0 Å². The third-order valence-corrected chi connectivity index (χ3v) is 1.19. The molecule has 10 heavy (non-hydrogen) atoms. The summed E-state index contributed by atoms with van der Waals surface area (Å²) in [5.74, 6) is 2.21. The summed E-state index contributed by atoms with van der Waals surface area (Å²) in [6.07, 6.45) is 7.50. The van der Waals surface area contributed by atoms with Gasteiger partial charge in [-0.05, 0) is 0 Å². The van der Waals surface area contributed by atoms with Gasteiger partial charge in [-0.15, -0.1) is 17.7 Å². The quantitative estimate of drug-likeness (QED) is 0.318. The highest BCUT2D eigenvalue weighted by Crippen LogP contribution is 1.99. The number of carbonyl (C=O) groups excluding carboxylic acids is 1. The highest BCUT2D eigenvalue weighted by atomic mass is 16.1. The van der Waals surface area contributed by atoms with Crippen LogP contribution in [0.4, 0.5) is 0 Å². The Hall–Kier alpha value is -1.55. The summed E-state index contributed by atoms with van der Waals surface area (Å²) in [4.78, 5) is 10.1. The van der Waals surface area contributed by atoms with Crippen molar-refractivity contribution in [1.29, 1.82) is 0 Å². The van der Waals surface area contributed by atoms with Crippen LogP contribution in [0.2, 0.25) is 0 Å². The van der Waals surface area contributed by atoms with Crippen molar-refractivity contribution in [2.75, 3.05) is 0 Å². The monoisotopic (exact) mass is 129 g/mol. The molecule has 0 aliphatic rings. The van der Waals surface area contributed by atoms with Gasteiger partial charge < -0.3 is 6.42 Å². The van der Waals surface area contributed by atoms with E-state index in [1.54, 1.807) is 24.3 Å². The summed E-state index contributed by atoms with van der Waals surface area (Å²) < 4.78 is 0. The van der Waals surface area contributed by atoms with E-state index in [4.69, 9.17) is 6.42 Å². The molecule has 0 saturated carbocycles. The van der Waals surface area contributed by atoms with E-state index in [0.717, 1.165) is 6.29 Å². The predicted molar refractivity (Wildman–Crippen MR) is 38.1 cm³/mol. The molecule has 0 aromatic heterocycles. The minimum atomic E-state index is 0.624. The van der Waals surface area contributed by atoms with Gasteiger partial charge in [0, 0.05) is 5.56 Å². The molecule has 1 heteroatoms. The van der Waals surface area contributed by atoms with Gasteiger partial charge >= 0.3 is 0 Å². The Morgan fingerprint density at radius 3 is 2.30 bits per heavy atom. The second-order valence-corrected chi connectivity index (χ2v) is 1.86. The normalized spacial score (nSPS) is 8.30. The van der Waals surface area contributed by atoms with Crippen molar-refractivity contribution < 1.29 is 4.79 Å². The molecule has 0 radical (unpaired) electrons. The first-order valence-electron chi connectivity index (χ1n) is 2.85. The molecule has 1 aromatic rings. The molecular weight excluding hydrogens is 124 g/mol. The Kier molecular flexibility index (Phi) is 1.86. The molecule has 0 heterocycles. The molecule has 1 aromatic carbocycles. The van der Waals surface area contributed by atoms with Crippen LogP contribution in [0.1, 0.15) is 15.9 Å². The lowest BCUT2D eigenvalue weighted by molar-refractivity contribution is 0.112. The second-order valence-electron chi connectivity index (χ2n) is 1.86. The summed E-state index contributed by atoms with van der Waals surface area (Å²) in [6.45, 7) is 0. The van der Waals surface area contributed by atoms with E-state index in [1.165, 1.54) is 0 Å². The molecular formula is C9H5O-. The van der Waals surface area contributed by atoms with Crippen molar-refractivity contribution in [3.8, 4) is 5.92 Å². The molecule has 0 fully saturated rings. The first-order valence-corrected chi connectivity index (χ1v) is 2.85. The SMILES string of the molecule is [C-]#Cc1ccc(C=O)cc1. The Balaban J connectivity index is 3.04. The van der Waals surface area contributed by atoms with Crippen LogP contribution in [0.25, 0.3) is 0 Å². The lowest BCUT2D eigenvalue weighted by atomic mass is 10.2. The van der Waals surface area contributed by atoms with Gasteiger partial charge in [-0.3, -0.25) is 10.7 Å². The highest BCUT2D eigenvalue weighted by Gasteiger charge is 1.82. The van der Waals surface area contributed by atoms with Gasteiger partial charge in [-0.2, -0.15) is 0 Å². The molecule has 0 bridgehead atoms. The largest absolute Gasteiger partial charge is 0.366 e. The van der Waals surface area contributed by atoms with Gasteiger partial charge in [0.05, 0.1) is 0 Å². The van der Waals surface area contributed by atoms with Gasteiger partial charge in [-0.25, -0.2) is 0 Å². The van der Waals surface area contributed by atoms with Crippen LogP contribution < -0.4 is 0 Å².